The van der Waals surface area contributed by atoms with E-state index in [9.17, 15) is 4.79 Å². The Morgan fingerprint density at radius 2 is 2.20 bits per heavy atom. The Morgan fingerprint density at radius 1 is 1.35 bits per heavy atom. The molecule has 7 nitrogen and oxygen atoms in total. The van der Waals surface area contributed by atoms with Crippen LogP contribution in [0.5, 0.6) is 0 Å². The van der Waals surface area contributed by atoms with Crippen LogP contribution in [-0.4, -0.2) is 21.3 Å². The first-order valence-corrected chi connectivity index (χ1v) is 5.98. The lowest BCUT2D eigenvalue weighted by molar-refractivity contribution is 0.101. The van der Waals surface area contributed by atoms with E-state index >= 15 is 0 Å². The van der Waals surface area contributed by atoms with E-state index in [1.54, 1.807) is 19.1 Å². The van der Waals surface area contributed by atoms with Gasteiger partial charge < -0.3 is 14.3 Å². The number of rotatable bonds is 3. The molecule has 20 heavy (non-hydrogen) atoms. The highest BCUT2D eigenvalue weighted by Crippen LogP contribution is 2.22. The maximum Gasteiger partial charge on any atom is 0.277 e. The van der Waals surface area contributed by atoms with Gasteiger partial charge in [0.1, 0.15) is 0 Å². The van der Waals surface area contributed by atoms with Crippen molar-refractivity contribution in [3.8, 4) is 11.5 Å². The minimum absolute atomic E-state index is 0.177. The van der Waals surface area contributed by atoms with Crippen LogP contribution >= 0.6 is 0 Å². The van der Waals surface area contributed by atoms with Crippen LogP contribution < -0.4 is 5.32 Å². The summed E-state index contributed by atoms with van der Waals surface area (Å²) in [4.78, 5) is 12.1. The highest BCUT2D eigenvalue weighted by molar-refractivity contribution is 6.03. The fourth-order valence-electron chi connectivity index (χ4n) is 1.83. The van der Waals surface area contributed by atoms with Gasteiger partial charge in [-0.2, -0.15) is 5.10 Å². The molecule has 0 saturated heterocycles. The van der Waals surface area contributed by atoms with E-state index in [1.807, 2.05) is 6.92 Å². The zero-order chi connectivity index (χ0) is 14.1. The number of nitrogens with zero attached hydrogens (tertiary/aromatic N) is 2. The third kappa shape index (κ3) is 2.09. The van der Waals surface area contributed by atoms with E-state index in [0.29, 0.717) is 22.9 Å². The van der Waals surface area contributed by atoms with Gasteiger partial charge in [-0.15, -0.1) is 0 Å². The lowest BCUT2D eigenvalue weighted by Gasteiger charge is -2.01. The van der Waals surface area contributed by atoms with Crippen LogP contribution in [0.15, 0.2) is 33.4 Å². The molecule has 0 unspecified atom stereocenters. The second-order valence-corrected chi connectivity index (χ2v) is 4.32. The normalized spacial score (nSPS) is 10.7. The number of carbonyl (C=O) groups excluding carboxylic acids is 1. The smallest absolute Gasteiger partial charge is 0.277 e. The molecule has 0 bridgehead atoms. The third-order valence-electron chi connectivity index (χ3n) is 2.87. The molecule has 0 aromatic carbocycles. The van der Waals surface area contributed by atoms with Crippen LogP contribution in [0.4, 0.5) is 5.69 Å². The first-order valence-electron chi connectivity index (χ1n) is 5.98. The molecule has 3 heterocycles. The van der Waals surface area contributed by atoms with Crippen LogP contribution in [0.2, 0.25) is 0 Å². The lowest BCUT2D eigenvalue weighted by atomic mass is 10.2. The molecule has 0 atom stereocenters. The monoisotopic (exact) mass is 272 g/mol. The minimum Gasteiger partial charge on any atom is -0.461 e. The van der Waals surface area contributed by atoms with Crippen LogP contribution in [0.3, 0.4) is 0 Å². The molecule has 3 aromatic rings. The number of hydrogen-bond donors (Lipinski definition) is 2. The van der Waals surface area contributed by atoms with Crippen molar-refractivity contribution in [1.29, 1.82) is 0 Å². The second kappa shape index (κ2) is 4.69. The first kappa shape index (κ1) is 12.2. The summed E-state index contributed by atoms with van der Waals surface area (Å²) in [7, 11) is 0. The van der Waals surface area contributed by atoms with E-state index in [0.717, 1.165) is 5.69 Å². The van der Waals surface area contributed by atoms with Crippen LogP contribution in [0.25, 0.3) is 11.5 Å². The summed E-state index contributed by atoms with van der Waals surface area (Å²) in [5.41, 5.74) is 2.32. The molecule has 1 amide bonds. The standard InChI is InChI=1S/C13H12N4O3/c1-7-12(8(2)16-15-7)14-13(18)9-6-11(20-17-9)10-4-3-5-19-10/h3-6H,1-2H3,(H,14,18)(H,15,16). The zero-order valence-electron chi connectivity index (χ0n) is 10.9. The third-order valence-corrected chi connectivity index (χ3v) is 2.87. The molecule has 0 spiro atoms. The van der Waals surface area contributed by atoms with E-state index in [2.05, 4.69) is 20.7 Å². The molecule has 7 heteroatoms. The number of amides is 1. The largest absolute Gasteiger partial charge is 0.461 e. The Hall–Kier alpha value is -2.83. The quantitative estimate of drug-likeness (QED) is 0.763. The average Bonchev–Trinajstić information content (AvgIpc) is 3.14. The summed E-state index contributed by atoms with van der Waals surface area (Å²) in [5.74, 6) is 0.562. The SMILES string of the molecule is Cc1n[nH]c(C)c1NC(=O)c1cc(-c2ccco2)on1. The van der Waals surface area contributed by atoms with Crippen molar-refractivity contribution in [2.75, 3.05) is 5.32 Å². The van der Waals surface area contributed by atoms with Crippen molar-refractivity contribution in [3.05, 3.63) is 41.5 Å². The van der Waals surface area contributed by atoms with E-state index in [-0.39, 0.29) is 11.6 Å². The zero-order valence-corrected chi connectivity index (χ0v) is 10.9. The van der Waals surface area contributed by atoms with Crippen molar-refractivity contribution in [2.24, 2.45) is 0 Å². The van der Waals surface area contributed by atoms with Gasteiger partial charge in [0, 0.05) is 6.07 Å². The van der Waals surface area contributed by atoms with E-state index in [4.69, 9.17) is 8.94 Å². The van der Waals surface area contributed by atoms with E-state index < -0.39 is 0 Å². The van der Waals surface area contributed by atoms with E-state index in [1.165, 1.54) is 12.3 Å². The van der Waals surface area contributed by atoms with Gasteiger partial charge in [-0.3, -0.25) is 9.89 Å². The van der Waals surface area contributed by atoms with Crippen molar-refractivity contribution >= 4 is 11.6 Å². The molecule has 102 valence electrons. The van der Waals surface area contributed by atoms with Crippen molar-refractivity contribution in [2.45, 2.75) is 13.8 Å². The Balaban J connectivity index is 1.82. The number of nitrogens with one attached hydrogen (secondary N) is 2. The number of furan rings is 1. The van der Waals surface area contributed by atoms with Crippen LogP contribution in [0.1, 0.15) is 21.9 Å². The molecule has 3 aromatic heterocycles. The molecule has 3 rings (SSSR count). The van der Waals surface area contributed by atoms with Crippen LogP contribution in [0, 0.1) is 13.8 Å². The van der Waals surface area contributed by atoms with Gasteiger partial charge in [0.05, 0.1) is 23.3 Å². The van der Waals surface area contributed by atoms with Crippen molar-refractivity contribution in [3.63, 3.8) is 0 Å². The van der Waals surface area contributed by atoms with Gasteiger partial charge in [0.25, 0.3) is 5.91 Å². The molecular formula is C13H12N4O3. The topological polar surface area (TPSA) is 97.0 Å². The van der Waals surface area contributed by atoms with Gasteiger partial charge >= 0.3 is 0 Å². The lowest BCUT2D eigenvalue weighted by Crippen LogP contribution is -2.13. The number of carbonyl (C=O) groups is 1. The molecule has 0 aliphatic carbocycles. The highest BCUT2D eigenvalue weighted by atomic mass is 16.5. The Labute approximate surface area is 114 Å². The molecule has 0 saturated carbocycles. The Bertz CT molecular complexity index is 720. The number of aryl methyl sites for hydroxylation is 2. The van der Waals surface area contributed by atoms with Crippen LogP contribution in [-0.2, 0) is 0 Å². The summed E-state index contributed by atoms with van der Waals surface area (Å²) in [5, 5.41) is 13.3. The molecular weight excluding hydrogens is 260 g/mol. The average molecular weight is 272 g/mol. The predicted molar refractivity (Wildman–Crippen MR) is 70.2 cm³/mol. The summed E-state index contributed by atoms with van der Waals surface area (Å²) in [6.07, 6.45) is 1.52. The van der Waals surface area contributed by atoms with Crippen molar-refractivity contribution < 1.29 is 13.7 Å². The summed E-state index contributed by atoms with van der Waals surface area (Å²) in [6, 6.07) is 4.99. The minimum atomic E-state index is -0.362. The van der Waals surface area contributed by atoms with Gasteiger partial charge in [-0.25, -0.2) is 0 Å². The van der Waals surface area contributed by atoms with Gasteiger partial charge in [-0.05, 0) is 26.0 Å². The number of hydrogen-bond acceptors (Lipinski definition) is 5. The number of H-pyrrole nitrogens is 1. The summed E-state index contributed by atoms with van der Waals surface area (Å²) >= 11 is 0. The number of aromatic amines is 1. The summed E-state index contributed by atoms with van der Waals surface area (Å²) in [6.45, 7) is 3.63. The predicted octanol–water partition coefficient (Wildman–Crippen LogP) is 2.53. The first-order chi connectivity index (χ1) is 9.65. The van der Waals surface area contributed by atoms with Gasteiger partial charge in [0.15, 0.2) is 11.5 Å². The number of anilines is 1. The maximum absolute atomic E-state index is 12.1. The van der Waals surface area contributed by atoms with Crippen molar-refractivity contribution in [1.82, 2.24) is 15.4 Å². The molecule has 0 aliphatic heterocycles. The fourth-order valence-corrected chi connectivity index (χ4v) is 1.83. The Morgan fingerprint density at radius 3 is 2.85 bits per heavy atom. The fraction of sp³-hybridized carbons (Fsp3) is 0.154. The number of aromatic nitrogens is 3. The van der Waals surface area contributed by atoms with Gasteiger partial charge in [-0.1, -0.05) is 5.16 Å². The maximum atomic E-state index is 12.1. The van der Waals surface area contributed by atoms with Gasteiger partial charge in [0.2, 0.25) is 5.76 Å². The molecule has 0 fully saturated rings. The summed E-state index contributed by atoms with van der Waals surface area (Å²) < 4.78 is 10.3. The highest BCUT2D eigenvalue weighted by Gasteiger charge is 2.17. The second-order valence-electron chi connectivity index (χ2n) is 4.32. The molecule has 2 N–H and O–H groups in total. The molecule has 0 aliphatic rings. The Kier molecular flexibility index (Phi) is 2.86. The molecule has 0 radical (unpaired) electrons.